The molecular weight excluding hydrogens is 292 g/mol. The molecule has 1 fully saturated rings. The highest BCUT2D eigenvalue weighted by atomic mass is 35.5. The van der Waals surface area contributed by atoms with Gasteiger partial charge in [0.25, 0.3) is 0 Å². The molecule has 1 aliphatic rings. The molecule has 2 rings (SSSR count). The van der Waals surface area contributed by atoms with E-state index >= 15 is 0 Å². The van der Waals surface area contributed by atoms with E-state index in [0.29, 0.717) is 5.92 Å². The van der Waals surface area contributed by atoms with Crippen LogP contribution < -0.4 is 0 Å². The van der Waals surface area contributed by atoms with Gasteiger partial charge in [-0.15, -0.1) is 0 Å². The van der Waals surface area contributed by atoms with Gasteiger partial charge in [-0.25, -0.2) is 4.36 Å². The molecule has 0 bridgehead atoms. The third-order valence-electron chi connectivity index (χ3n) is 3.67. The molecule has 20 heavy (non-hydrogen) atoms. The standard InChI is InChI=1S/C15H23ClN2OS/c1-20(2,19)17-11-13-7-9-18(10-8-13)12-14-3-5-15(16)6-4-14/h3-6,13H,7-12H2,1-2H3. The van der Waals surface area contributed by atoms with Crippen molar-refractivity contribution in [2.75, 3.05) is 32.1 Å². The highest BCUT2D eigenvalue weighted by Crippen LogP contribution is 2.20. The van der Waals surface area contributed by atoms with E-state index in [1.165, 1.54) is 5.56 Å². The summed E-state index contributed by atoms with van der Waals surface area (Å²) in [7, 11) is -1.94. The highest BCUT2D eigenvalue weighted by Gasteiger charge is 2.19. The van der Waals surface area contributed by atoms with Crippen molar-refractivity contribution in [2.24, 2.45) is 10.3 Å². The Morgan fingerprint density at radius 1 is 1.25 bits per heavy atom. The monoisotopic (exact) mass is 314 g/mol. The smallest absolute Gasteiger partial charge is 0.0513 e. The first-order valence-electron chi connectivity index (χ1n) is 7.02. The fourth-order valence-corrected chi connectivity index (χ4v) is 3.16. The molecule has 3 nitrogen and oxygen atoms in total. The molecular formula is C15H23ClN2OS. The summed E-state index contributed by atoms with van der Waals surface area (Å²) in [6, 6.07) is 8.07. The second-order valence-corrected chi connectivity index (χ2v) is 8.90. The molecule has 0 radical (unpaired) electrons. The summed E-state index contributed by atoms with van der Waals surface area (Å²) in [5.41, 5.74) is 1.31. The Balaban J connectivity index is 1.80. The molecule has 112 valence electrons. The largest absolute Gasteiger partial charge is 0.299 e. The zero-order valence-corrected chi connectivity index (χ0v) is 13.8. The van der Waals surface area contributed by atoms with Gasteiger partial charge in [-0.1, -0.05) is 23.7 Å². The fraction of sp³-hybridized carbons (Fsp3) is 0.600. The van der Waals surface area contributed by atoms with E-state index in [-0.39, 0.29) is 0 Å². The lowest BCUT2D eigenvalue weighted by Crippen LogP contribution is -2.34. The Kier molecular flexibility index (Phi) is 5.47. The number of piperidine rings is 1. The van der Waals surface area contributed by atoms with Crippen LogP contribution in [0, 0.1) is 5.92 Å². The van der Waals surface area contributed by atoms with Gasteiger partial charge in [0.15, 0.2) is 0 Å². The van der Waals surface area contributed by atoms with E-state index in [0.717, 1.165) is 44.0 Å². The third kappa shape index (κ3) is 5.43. The van der Waals surface area contributed by atoms with Crippen LogP contribution in [0.15, 0.2) is 28.6 Å². The van der Waals surface area contributed by atoms with Crippen molar-refractivity contribution in [1.29, 1.82) is 0 Å². The van der Waals surface area contributed by atoms with E-state index in [9.17, 15) is 4.21 Å². The van der Waals surface area contributed by atoms with E-state index in [2.05, 4.69) is 21.4 Å². The summed E-state index contributed by atoms with van der Waals surface area (Å²) in [4.78, 5) is 2.47. The van der Waals surface area contributed by atoms with Crippen LogP contribution in [0.1, 0.15) is 18.4 Å². The molecule has 0 atom stereocenters. The Bertz CT molecular complexity index is 533. The van der Waals surface area contributed by atoms with Crippen molar-refractivity contribution in [3.8, 4) is 0 Å². The van der Waals surface area contributed by atoms with Gasteiger partial charge in [-0.05, 0) is 49.5 Å². The maximum atomic E-state index is 11.6. The lowest BCUT2D eigenvalue weighted by atomic mass is 9.97. The van der Waals surface area contributed by atoms with Gasteiger partial charge in [0.2, 0.25) is 0 Å². The van der Waals surface area contributed by atoms with Crippen LogP contribution in [0.5, 0.6) is 0 Å². The second kappa shape index (κ2) is 6.92. The number of nitrogens with zero attached hydrogens (tertiary/aromatic N) is 2. The Labute approximate surface area is 127 Å². The lowest BCUT2D eigenvalue weighted by Gasteiger charge is -2.31. The van der Waals surface area contributed by atoms with Crippen molar-refractivity contribution < 1.29 is 4.21 Å². The average molecular weight is 315 g/mol. The summed E-state index contributed by atoms with van der Waals surface area (Å²) >= 11 is 5.90. The molecule has 1 heterocycles. The first kappa shape index (κ1) is 15.8. The Hall–Kier alpha value is -0.580. The first-order chi connectivity index (χ1) is 9.42. The number of rotatable bonds is 4. The SMILES string of the molecule is CS(C)(=O)=NCC1CCN(Cc2ccc(Cl)cc2)CC1. The Morgan fingerprint density at radius 3 is 2.40 bits per heavy atom. The number of halogens is 1. The molecule has 0 spiro atoms. The number of hydrogen-bond acceptors (Lipinski definition) is 3. The van der Waals surface area contributed by atoms with Crippen LogP contribution >= 0.6 is 11.6 Å². The molecule has 0 aliphatic carbocycles. The first-order valence-corrected chi connectivity index (χ1v) is 9.73. The van der Waals surface area contributed by atoms with Gasteiger partial charge in [0.05, 0.1) is 6.54 Å². The van der Waals surface area contributed by atoms with Crippen LogP contribution in [0.25, 0.3) is 0 Å². The molecule has 0 aromatic heterocycles. The minimum atomic E-state index is -1.94. The molecule has 0 unspecified atom stereocenters. The van der Waals surface area contributed by atoms with E-state index in [1.807, 2.05) is 12.1 Å². The van der Waals surface area contributed by atoms with Gasteiger partial charge in [0, 0.05) is 33.8 Å². The van der Waals surface area contributed by atoms with Gasteiger partial charge in [-0.2, -0.15) is 0 Å². The normalized spacial score (nSPS) is 18.1. The predicted octanol–water partition coefficient (Wildman–Crippen LogP) is 3.28. The maximum Gasteiger partial charge on any atom is 0.0513 e. The molecule has 0 amide bonds. The zero-order valence-electron chi connectivity index (χ0n) is 12.2. The van der Waals surface area contributed by atoms with Crippen LogP contribution in [0.4, 0.5) is 0 Å². The third-order valence-corrected chi connectivity index (χ3v) is 4.69. The maximum absolute atomic E-state index is 11.6. The van der Waals surface area contributed by atoms with E-state index < -0.39 is 9.73 Å². The molecule has 0 N–H and O–H groups in total. The summed E-state index contributed by atoms with van der Waals surface area (Å²) in [5.74, 6) is 0.595. The van der Waals surface area contributed by atoms with Crippen LogP contribution in [0.2, 0.25) is 5.02 Å². The summed E-state index contributed by atoms with van der Waals surface area (Å²) in [6.07, 6.45) is 5.71. The second-order valence-electron chi connectivity index (χ2n) is 5.84. The van der Waals surface area contributed by atoms with Gasteiger partial charge >= 0.3 is 0 Å². The van der Waals surface area contributed by atoms with Crippen LogP contribution in [0.3, 0.4) is 0 Å². The quantitative estimate of drug-likeness (QED) is 0.854. The van der Waals surface area contributed by atoms with Crippen molar-refractivity contribution >= 4 is 21.3 Å². The number of hydrogen-bond donors (Lipinski definition) is 0. The average Bonchev–Trinajstić information content (AvgIpc) is 2.40. The van der Waals surface area contributed by atoms with Crippen molar-refractivity contribution in [3.05, 3.63) is 34.9 Å². The van der Waals surface area contributed by atoms with Crippen LogP contribution in [-0.4, -0.2) is 41.3 Å². The highest BCUT2D eigenvalue weighted by molar-refractivity contribution is 7.92. The van der Waals surface area contributed by atoms with Crippen molar-refractivity contribution in [2.45, 2.75) is 19.4 Å². The molecule has 5 heteroatoms. The zero-order chi connectivity index (χ0) is 14.6. The van der Waals surface area contributed by atoms with Gasteiger partial charge in [-0.3, -0.25) is 9.11 Å². The lowest BCUT2D eigenvalue weighted by molar-refractivity contribution is 0.181. The Morgan fingerprint density at radius 2 is 1.85 bits per heavy atom. The van der Waals surface area contributed by atoms with Crippen molar-refractivity contribution in [3.63, 3.8) is 0 Å². The number of likely N-dealkylation sites (tertiary alicyclic amines) is 1. The topological polar surface area (TPSA) is 32.7 Å². The minimum Gasteiger partial charge on any atom is -0.299 e. The molecule has 1 aromatic rings. The molecule has 1 aromatic carbocycles. The molecule has 1 saturated heterocycles. The fourth-order valence-electron chi connectivity index (χ4n) is 2.46. The molecule has 0 saturated carbocycles. The van der Waals surface area contributed by atoms with Crippen molar-refractivity contribution in [1.82, 2.24) is 4.90 Å². The molecule has 1 aliphatic heterocycles. The summed E-state index contributed by atoms with van der Waals surface area (Å²) < 4.78 is 15.9. The number of benzene rings is 1. The van der Waals surface area contributed by atoms with E-state index in [4.69, 9.17) is 11.6 Å². The van der Waals surface area contributed by atoms with Gasteiger partial charge < -0.3 is 0 Å². The summed E-state index contributed by atoms with van der Waals surface area (Å²) in [6.45, 7) is 3.93. The van der Waals surface area contributed by atoms with Gasteiger partial charge in [0.1, 0.15) is 0 Å². The van der Waals surface area contributed by atoms with Crippen LogP contribution in [-0.2, 0) is 16.3 Å². The predicted molar refractivity (Wildman–Crippen MR) is 86.7 cm³/mol. The minimum absolute atomic E-state index is 0.595. The summed E-state index contributed by atoms with van der Waals surface area (Å²) in [5, 5.41) is 0.789. The van der Waals surface area contributed by atoms with E-state index in [1.54, 1.807) is 12.5 Å².